The van der Waals surface area contributed by atoms with Gasteiger partial charge < -0.3 is 9.72 Å². The van der Waals surface area contributed by atoms with E-state index in [9.17, 15) is 13.6 Å². The van der Waals surface area contributed by atoms with E-state index in [1.165, 1.54) is 7.11 Å². The van der Waals surface area contributed by atoms with Crippen LogP contribution in [0.2, 0.25) is 0 Å². The summed E-state index contributed by atoms with van der Waals surface area (Å²) in [7, 11) is 1.17. The largest absolute Gasteiger partial charge is 0.463 e. The molecule has 0 saturated carbocycles. The zero-order valence-electron chi connectivity index (χ0n) is 7.67. The lowest BCUT2D eigenvalue weighted by molar-refractivity contribution is 0.0588. The number of ether oxygens (including phenoxy) is 1. The van der Waals surface area contributed by atoms with Crippen molar-refractivity contribution < 1.29 is 18.3 Å². The lowest BCUT2D eigenvalue weighted by atomic mass is 10.3. The Hall–Kier alpha value is -1.98. The molecule has 4 nitrogen and oxygen atoms in total. The third-order valence-electron chi connectivity index (χ3n) is 1.88. The zero-order valence-corrected chi connectivity index (χ0v) is 7.67. The minimum atomic E-state index is -0.823. The fourth-order valence-electron chi connectivity index (χ4n) is 1.24. The molecule has 0 bridgehead atoms. The number of H-pyrrole nitrogens is 1. The van der Waals surface area contributed by atoms with Crippen LogP contribution in [0.15, 0.2) is 12.1 Å². The van der Waals surface area contributed by atoms with Crippen molar-refractivity contribution in [2.75, 3.05) is 7.11 Å². The Morgan fingerprint density at radius 3 is 2.87 bits per heavy atom. The number of methoxy groups -OCH3 is 1. The number of carbonyl (C=O) groups excluding carboxylic acids is 1. The molecule has 15 heavy (non-hydrogen) atoms. The van der Waals surface area contributed by atoms with Crippen molar-refractivity contribution in [3.05, 3.63) is 29.6 Å². The predicted molar refractivity (Wildman–Crippen MR) is 47.3 cm³/mol. The minimum absolute atomic E-state index is 0.0863. The second-order valence-corrected chi connectivity index (χ2v) is 2.86. The third kappa shape index (κ3) is 1.54. The van der Waals surface area contributed by atoms with Crippen LogP contribution in [0.1, 0.15) is 10.6 Å². The molecule has 0 spiro atoms. The summed E-state index contributed by atoms with van der Waals surface area (Å²) < 4.78 is 30.3. The number of aromatic amines is 1. The van der Waals surface area contributed by atoms with Gasteiger partial charge in [0, 0.05) is 6.07 Å². The molecular weight excluding hydrogens is 206 g/mol. The van der Waals surface area contributed by atoms with Crippen molar-refractivity contribution in [2.24, 2.45) is 0 Å². The van der Waals surface area contributed by atoms with E-state index < -0.39 is 17.6 Å². The first kappa shape index (κ1) is 9.57. The van der Waals surface area contributed by atoms with Crippen molar-refractivity contribution >= 4 is 17.0 Å². The molecule has 0 saturated heterocycles. The van der Waals surface area contributed by atoms with Crippen LogP contribution in [-0.2, 0) is 4.74 Å². The van der Waals surface area contributed by atoms with E-state index in [1.54, 1.807) is 0 Å². The zero-order chi connectivity index (χ0) is 11.0. The van der Waals surface area contributed by atoms with Crippen LogP contribution < -0.4 is 0 Å². The summed E-state index contributed by atoms with van der Waals surface area (Å²) in [5, 5.41) is 0. The molecule has 0 radical (unpaired) electrons. The molecule has 1 aromatic heterocycles. The van der Waals surface area contributed by atoms with Gasteiger partial charge >= 0.3 is 5.97 Å². The number of nitrogens with zero attached hydrogens (tertiary/aromatic N) is 1. The van der Waals surface area contributed by atoms with Crippen molar-refractivity contribution in [3.8, 4) is 0 Å². The van der Waals surface area contributed by atoms with Gasteiger partial charge in [0.15, 0.2) is 5.82 Å². The molecule has 78 valence electrons. The topological polar surface area (TPSA) is 55.0 Å². The maximum Gasteiger partial charge on any atom is 0.374 e. The van der Waals surface area contributed by atoms with Crippen LogP contribution in [0, 0.1) is 11.6 Å². The maximum absolute atomic E-state index is 13.2. The molecule has 2 rings (SSSR count). The molecular formula is C9H6F2N2O2. The molecule has 1 N–H and O–H groups in total. The van der Waals surface area contributed by atoms with E-state index in [0.717, 1.165) is 6.07 Å². The second kappa shape index (κ2) is 3.30. The molecule has 0 amide bonds. The van der Waals surface area contributed by atoms with E-state index in [4.69, 9.17) is 0 Å². The average Bonchev–Trinajstić information content (AvgIpc) is 2.60. The Labute approximate surface area is 82.9 Å². The smallest absolute Gasteiger partial charge is 0.374 e. The van der Waals surface area contributed by atoms with E-state index >= 15 is 0 Å². The number of benzene rings is 1. The summed E-state index contributed by atoms with van der Waals surface area (Å²) in [5.41, 5.74) is 0.0321. The lowest BCUT2D eigenvalue weighted by Gasteiger charge is -1.90. The number of imidazole rings is 1. The van der Waals surface area contributed by atoms with Gasteiger partial charge in [-0.2, -0.15) is 0 Å². The number of esters is 1. The van der Waals surface area contributed by atoms with Gasteiger partial charge in [0.25, 0.3) is 0 Å². The summed E-state index contributed by atoms with van der Waals surface area (Å²) in [4.78, 5) is 17.2. The number of nitrogens with one attached hydrogen (secondary N) is 1. The van der Waals surface area contributed by atoms with E-state index in [2.05, 4.69) is 14.7 Å². The number of rotatable bonds is 1. The normalized spacial score (nSPS) is 10.6. The molecule has 0 fully saturated rings. The molecule has 0 aliphatic carbocycles. The Morgan fingerprint density at radius 2 is 2.20 bits per heavy atom. The third-order valence-corrected chi connectivity index (χ3v) is 1.88. The molecule has 0 unspecified atom stereocenters. The second-order valence-electron chi connectivity index (χ2n) is 2.86. The van der Waals surface area contributed by atoms with E-state index in [0.29, 0.717) is 6.07 Å². The van der Waals surface area contributed by atoms with Crippen LogP contribution in [-0.4, -0.2) is 23.0 Å². The molecule has 1 heterocycles. The molecule has 2 aromatic rings. The Balaban J connectivity index is 2.65. The fraction of sp³-hybridized carbons (Fsp3) is 0.111. The number of fused-ring (bicyclic) bond motifs is 1. The highest BCUT2D eigenvalue weighted by Crippen LogP contribution is 2.17. The van der Waals surface area contributed by atoms with Gasteiger partial charge in [-0.05, 0) is 6.07 Å². The number of hydrogen-bond donors (Lipinski definition) is 1. The van der Waals surface area contributed by atoms with Gasteiger partial charge in [0.05, 0.1) is 12.6 Å². The fourth-order valence-corrected chi connectivity index (χ4v) is 1.24. The number of halogens is 2. The number of hydrogen-bond acceptors (Lipinski definition) is 3. The molecule has 6 heteroatoms. The maximum atomic E-state index is 13.2. The van der Waals surface area contributed by atoms with Gasteiger partial charge in [0.2, 0.25) is 5.82 Å². The standard InChI is InChI=1S/C9H6F2N2O2/c1-15-9(14)8-12-6-3-4(10)2-5(11)7(6)13-8/h2-3H,1H3,(H,12,13). The molecule has 0 aliphatic heterocycles. The van der Waals surface area contributed by atoms with Crippen molar-refractivity contribution in [3.63, 3.8) is 0 Å². The van der Waals surface area contributed by atoms with Gasteiger partial charge in [-0.25, -0.2) is 18.6 Å². The van der Waals surface area contributed by atoms with Gasteiger partial charge in [-0.3, -0.25) is 0 Å². The Morgan fingerprint density at radius 1 is 1.47 bits per heavy atom. The van der Waals surface area contributed by atoms with Gasteiger partial charge in [0.1, 0.15) is 11.3 Å². The molecule has 1 aromatic carbocycles. The predicted octanol–water partition coefficient (Wildman–Crippen LogP) is 1.63. The summed E-state index contributed by atoms with van der Waals surface area (Å²) in [6.07, 6.45) is 0. The summed E-state index contributed by atoms with van der Waals surface area (Å²) in [6, 6.07) is 1.75. The average molecular weight is 212 g/mol. The number of aromatic nitrogens is 2. The van der Waals surface area contributed by atoms with Crippen LogP contribution >= 0.6 is 0 Å². The van der Waals surface area contributed by atoms with Crippen molar-refractivity contribution in [1.82, 2.24) is 9.97 Å². The highest BCUT2D eigenvalue weighted by atomic mass is 19.1. The van der Waals surface area contributed by atoms with E-state index in [1.807, 2.05) is 0 Å². The van der Waals surface area contributed by atoms with Gasteiger partial charge in [-0.1, -0.05) is 0 Å². The molecule has 0 atom stereocenters. The van der Waals surface area contributed by atoms with Crippen molar-refractivity contribution in [2.45, 2.75) is 0 Å². The minimum Gasteiger partial charge on any atom is -0.463 e. The number of carbonyl (C=O) groups is 1. The summed E-state index contributed by atoms with van der Waals surface area (Å²) in [5.74, 6) is -2.44. The quantitative estimate of drug-likeness (QED) is 0.731. The van der Waals surface area contributed by atoms with Crippen LogP contribution in [0.4, 0.5) is 8.78 Å². The summed E-state index contributed by atoms with van der Waals surface area (Å²) >= 11 is 0. The molecule has 0 aliphatic rings. The van der Waals surface area contributed by atoms with Crippen LogP contribution in [0.3, 0.4) is 0 Å². The highest BCUT2D eigenvalue weighted by molar-refractivity contribution is 5.90. The van der Waals surface area contributed by atoms with Crippen molar-refractivity contribution in [1.29, 1.82) is 0 Å². The van der Waals surface area contributed by atoms with Crippen LogP contribution in [0.5, 0.6) is 0 Å². The Bertz CT molecular complexity index is 536. The summed E-state index contributed by atoms with van der Waals surface area (Å²) in [6.45, 7) is 0. The SMILES string of the molecule is COC(=O)c1nc2c(F)cc(F)cc2[nH]1. The first-order valence-corrected chi connectivity index (χ1v) is 4.05. The Kier molecular flexibility index (Phi) is 2.11. The van der Waals surface area contributed by atoms with E-state index in [-0.39, 0.29) is 16.9 Å². The highest BCUT2D eigenvalue weighted by Gasteiger charge is 2.14. The first-order valence-electron chi connectivity index (χ1n) is 4.05. The van der Waals surface area contributed by atoms with Crippen LogP contribution in [0.25, 0.3) is 11.0 Å². The first-order chi connectivity index (χ1) is 7.11. The monoisotopic (exact) mass is 212 g/mol. The van der Waals surface area contributed by atoms with Gasteiger partial charge in [-0.15, -0.1) is 0 Å². The lowest BCUT2D eigenvalue weighted by Crippen LogP contribution is -2.02.